The van der Waals surface area contributed by atoms with Gasteiger partial charge in [0, 0.05) is 12.1 Å². The molecule has 0 amide bonds. The Morgan fingerprint density at radius 3 is 1.33 bits per heavy atom. The Morgan fingerprint density at radius 2 is 1.00 bits per heavy atom. The van der Waals surface area contributed by atoms with Crippen LogP contribution in [0, 0.1) is 0 Å². The third-order valence-electron chi connectivity index (χ3n) is 3.79. The Hall–Kier alpha value is -1.60. The van der Waals surface area contributed by atoms with Crippen molar-refractivity contribution in [3.05, 3.63) is 71.8 Å². The van der Waals surface area contributed by atoms with Gasteiger partial charge in [0.25, 0.3) is 0 Å². The van der Waals surface area contributed by atoms with Gasteiger partial charge < -0.3 is 0 Å². The highest BCUT2D eigenvalue weighted by atomic mass is 15.1. The van der Waals surface area contributed by atoms with Gasteiger partial charge in [0.2, 0.25) is 0 Å². The monoisotopic (exact) mass is 239 g/mol. The number of hydrogen-bond acceptors (Lipinski definition) is 1. The highest BCUT2D eigenvalue weighted by Gasteiger charge is 2.18. The molecule has 0 bridgehead atoms. The molecule has 0 saturated heterocycles. The summed E-state index contributed by atoms with van der Waals surface area (Å²) in [6.07, 6.45) is 0. The van der Waals surface area contributed by atoms with Crippen LogP contribution in [0.15, 0.2) is 60.7 Å². The fourth-order valence-corrected chi connectivity index (χ4v) is 2.27. The molecule has 2 aromatic carbocycles. The van der Waals surface area contributed by atoms with E-state index in [-0.39, 0.29) is 0 Å². The Morgan fingerprint density at radius 1 is 0.667 bits per heavy atom. The van der Waals surface area contributed by atoms with Crippen LogP contribution >= 0.6 is 0 Å². The maximum Gasteiger partial charge on any atom is 0.0322 e. The molecule has 0 N–H and O–H groups in total. The maximum absolute atomic E-state index is 2.41. The average molecular weight is 239 g/mol. The molecule has 0 fully saturated rings. The summed E-state index contributed by atoms with van der Waals surface area (Å²) >= 11 is 0. The summed E-state index contributed by atoms with van der Waals surface area (Å²) < 4.78 is 0. The van der Waals surface area contributed by atoms with E-state index in [9.17, 15) is 0 Å². The van der Waals surface area contributed by atoms with Crippen LogP contribution in [-0.4, -0.2) is 11.9 Å². The molecule has 94 valence electrons. The van der Waals surface area contributed by atoms with Gasteiger partial charge in [-0.3, -0.25) is 4.90 Å². The van der Waals surface area contributed by atoms with Crippen LogP contribution in [0.25, 0.3) is 0 Å². The van der Waals surface area contributed by atoms with Gasteiger partial charge in [-0.15, -0.1) is 0 Å². The van der Waals surface area contributed by atoms with Crippen molar-refractivity contribution >= 4 is 0 Å². The number of benzene rings is 2. The van der Waals surface area contributed by atoms with Gasteiger partial charge in [-0.05, 0) is 32.0 Å². The normalized spacial score (nSPS) is 14.4. The van der Waals surface area contributed by atoms with Crippen LogP contribution < -0.4 is 0 Å². The van der Waals surface area contributed by atoms with Crippen LogP contribution in [0.1, 0.15) is 37.1 Å². The molecule has 0 unspecified atom stereocenters. The minimum Gasteiger partial charge on any atom is -0.293 e. The molecule has 0 saturated carbocycles. The van der Waals surface area contributed by atoms with Gasteiger partial charge in [-0.1, -0.05) is 60.7 Å². The molecule has 2 atom stereocenters. The van der Waals surface area contributed by atoms with E-state index < -0.39 is 0 Å². The Kier molecular flexibility index (Phi) is 4.16. The van der Waals surface area contributed by atoms with Gasteiger partial charge in [-0.25, -0.2) is 0 Å². The van der Waals surface area contributed by atoms with Crippen LogP contribution in [0.5, 0.6) is 0 Å². The summed E-state index contributed by atoms with van der Waals surface area (Å²) in [5.74, 6) is 0. The second-order valence-electron chi connectivity index (χ2n) is 4.84. The third kappa shape index (κ3) is 2.80. The molecule has 0 aromatic heterocycles. The summed E-state index contributed by atoms with van der Waals surface area (Å²) in [5, 5.41) is 0. The molecule has 2 rings (SSSR count). The summed E-state index contributed by atoms with van der Waals surface area (Å²) in [5.41, 5.74) is 2.73. The number of nitrogens with zero attached hydrogens (tertiary/aromatic N) is 1. The molecule has 0 radical (unpaired) electrons. The van der Waals surface area contributed by atoms with E-state index in [1.165, 1.54) is 11.1 Å². The van der Waals surface area contributed by atoms with E-state index >= 15 is 0 Å². The molecule has 0 aliphatic heterocycles. The van der Waals surface area contributed by atoms with Gasteiger partial charge in [0.1, 0.15) is 0 Å². The first kappa shape index (κ1) is 12.8. The lowest BCUT2D eigenvalue weighted by Crippen LogP contribution is -2.25. The topological polar surface area (TPSA) is 3.24 Å². The third-order valence-corrected chi connectivity index (χ3v) is 3.79. The summed E-state index contributed by atoms with van der Waals surface area (Å²) in [7, 11) is 2.19. The van der Waals surface area contributed by atoms with Crippen molar-refractivity contribution in [2.45, 2.75) is 25.9 Å². The molecule has 1 heteroatoms. The molecule has 0 spiro atoms. The fraction of sp³-hybridized carbons (Fsp3) is 0.294. The average Bonchev–Trinajstić information content (AvgIpc) is 2.47. The van der Waals surface area contributed by atoms with Gasteiger partial charge in [0.05, 0.1) is 0 Å². The minimum absolute atomic E-state index is 0.418. The lowest BCUT2D eigenvalue weighted by atomic mass is 10.0. The molecule has 2 aromatic rings. The van der Waals surface area contributed by atoms with Crippen molar-refractivity contribution in [1.29, 1.82) is 0 Å². The Bertz CT molecular complexity index is 418. The van der Waals surface area contributed by atoms with Crippen LogP contribution in [0.4, 0.5) is 0 Å². The van der Waals surface area contributed by atoms with Crippen LogP contribution in [0.2, 0.25) is 0 Å². The van der Waals surface area contributed by atoms with Crippen molar-refractivity contribution in [3.8, 4) is 0 Å². The molecule has 0 aliphatic rings. The molecular weight excluding hydrogens is 218 g/mol. The predicted molar refractivity (Wildman–Crippen MR) is 77.5 cm³/mol. The zero-order valence-electron chi connectivity index (χ0n) is 11.4. The fourth-order valence-electron chi connectivity index (χ4n) is 2.27. The molecule has 1 nitrogen and oxygen atoms in total. The highest BCUT2D eigenvalue weighted by Crippen LogP contribution is 2.27. The van der Waals surface area contributed by atoms with Crippen LogP contribution in [0.3, 0.4) is 0 Å². The van der Waals surface area contributed by atoms with Crippen molar-refractivity contribution in [2.24, 2.45) is 0 Å². The summed E-state index contributed by atoms with van der Waals surface area (Å²) in [6.45, 7) is 4.52. The van der Waals surface area contributed by atoms with E-state index in [0.717, 1.165) is 0 Å². The first-order valence-corrected chi connectivity index (χ1v) is 6.52. The number of rotatable bonds is 4. The largest absolute Gasteiger partial charge is 0.293 e. The predicted octanol–water partition coefficient (Wildman–Crippen LogP) is 4.44. The van der Waals surface area contributed by atoms with Crippen molar-refractivity contribution in [2.75, 3.05) is 7.05 Å². The zero-order valence-corrected chi connectivity index (χ0v) is 11.4. The SMILES string of the molecule is C[C@@H](c1ccccc1)N(C)[C@@H](C)c1ccccc1. The molecule has 0 heterocycles. The van der Waals surface area contributed by atoms with Crippen molar-refractivity contribution in [3.63, 3.8) is 0 Å². The quantitative estimate of drug-likeness (QED) is 0.762. The van der Waals surface area contributed by atoms with Gasteiger partial charge >= 0.3 is 0 Å². The zero-order chi connectivity index (χ0) is 13.0. The smallest absolute Gasteiger partial charge is 0.0322 e. The second kappa shape index (κ2) is 5.83. The number of hydrogen-bond donors (Lipinski definition) is 0. The summed E-state index contributed by atoms with van der Waals surface area (Å²) in [4.78, 5) is 2.41. The van der Waals surface area contributed by atoms with E-state index in [2.05, 4.69) is 86.5 Å². The maximum atomic E-state index is 2.41. The van der Waals surface area contributed by atoms with E-state index in [4.69, 9.17) is 0 Å². The minimum atomic E-state index is 0.418. The van der Waals surface area contributed by atoms with Crippen LogP contribution in [-0.2, 0) is 0 Å². The highest BCUT2D eigenvalue weighted by molar-refractivity contribution is 5.21. The standard InChI is InChI=1S/C17H21N/c1-14(16-10-6-4-7-11-16)18(3)15(2)17-12-8-5-9-13-17/h4-15H,1-3H3/t14-,15-/m0/s1. The van der Waals surface area contributed by atoms with E-state index in [0.29, 0.717) is 12.1 Å². The molecular formula is C17H21N. The van der Waals surface area contributed by atoms with E-state index in [1.54, 1.807) is 0 Å². The Balaban J connectivity index is 2.14. The lowest BCUT2D eigenvalue weighted by molar-refractivity contribution is 0.199. The lowest BCUT2D eigenvalue weighted by Gasteiger charge is -2.31. The van der Waals surface area contributed by atoms with Gasteiger partial charge in [0.15, 0.2) is 0 Å². The molecule has 18 heavy (non-hydrogen) atoms. The molecule has 0 aliphatic carbocycles. The van der Waals surface area contributed by atoms with E-state index in [1.807, 2.05) is 0 Å². The van der Waals surface area contributed by atoms with Gasteiger partial charge in [-0.2, -0.15) is 0 Å². The van der Waals surface area contributed by atoms with Crippen molar-refractivity contribution in [1.82, 2.24) is 4.90 Å². The Labute approximate surface area is 110 Å². The summed E-state index contributed by atoms with van der Waals surface area (Å²) in [6, 6.07) is 22.2. The first-order valence-electron chi connectivity index (χ1n) is 6.52. The first-order chi connectivity index (χ1) is 8.70. The van der Waals surface area contributed by atoms with Crippen molar-refractivity contribution < 1.29 is 0 Å². The second-order valence-corrected chi connectivity index (χ2v) is 4.84.